The molecule has 0 aliphatic heterocycles. The lowest BCUT2D eigenvalue weighted by Gasteiger charge is -2.08. The number of nitrogens with two attached hydrogens (primary N) is 1. The van der Waals surface area contributed by atoms with Gasteiger partial charge in [0.15, 0.2) is 0 Å². The van der Waals surface area contributed by atoms with Gasteiger partial charge in [-0.25, -0.2) is 15.0 Å². The summed E-state index contributed by atoms with van der Waals surface area (Å²) in [4.78, 5) is 16.0. The Morgan fingerprint density at radius 3 is 2.91 bits per heavy atom. The quantitative estimate of drug-likeness (QED) is 0.552. The molecule has 112 valence electrons. The van der Waals surface area contributed by atoms with Crippen molar-refractivity contribution in [3.63, 3.8) is 0 Å². The van der Waals surface area contributed by atoms with E-state index >= 15 is 0 Å². The first-order valence-electron chi connectivity index (χ1n) is 6.99. The van der Waals surface area contributed by atoms with Crippen LogP contribution in [0.1, 0.15) is 23.7 Å². The third-order valence-electron chi connectivity index (χ3n) is 3.67. The number of hydrogen-bond acceptors (Lipinski definition) is 6. The molecule has 5 N–H and O–H groups in total. The van der Waals surface area contributed by atoms with E-state index < -0.39 is 0 Å². The summed E-state index contributed by atoms with van der Waals surface area (Å²) < 4.78 is 0. The van der Waals surface area contributed by atoms with E-state index in [1.54, 1.807) is 12.3 Å². The van der Waals surface area contributed by atoms with Crippen molar-refractivity contribution >= 4 is 34.6 Å². The number of aromatic nitrogens is 4. The molecular weight excluding hydrogens is 278 g/mol. The van der Waals surface area contributed by atoms with Crippen LogP contribution in [0, 0.1) is 12.3 Å². The molecule has 0 radical (unpaired) electrons. The maximum absolute atomic E-state index is 7.35. The fourth-order valence-electron chi connectivity index (χ4n) is 2.48. The molecule has 0 amide bonds. The van der Waals surface area contributed by atoms with Crippen LogP contribution in [0.15, 0.2) is 18.6 Å². The molecule has 0 saturated carbocycles. The van der Waals surface area contributed by atoms with Gasteiger partial charge in [0.25, 0.3) is 0 Å². The van der Waals surface area contributed by atoms with Crippen molar-refractivity contribution in [2.24, 2.45) is 0 Å². The summed E-state index contributed by atoms with van der Waals surface area (Å²) >= 11 is 0. The van der Waals surface area contributed by atoms with Gasteiger partial charge in [-0.3, -0.25) is 0 Å². The van der Waals surface area contributed by atoms with E-state index in [0.29, 0.717) is 17.2 Å². The van der Waals surface area contributed by atoms with E-state index in [2.05, 4.69) is 39.1 Å². The van der Waals surface area contributed by atoms with Gasteiger partial charge in [0.1, 0.15) is 23.6 Å². The molecule has 0 fully saturated rings. The Morgan fingerprint density at radius 1 is 1.36 bits per heavy atom. The van der Waals surface area contributed by atoms with Gasteiger partial charge in [-0.2, -0.15) is 0 Å². The fourth-order valence-corrected chi connectivity index (χ4v) is 2.48. The van der Waals surface area contributed by atoms with E-state index in [4.69, 9.17) is 11.1 Å². The summed E-state index contributed by atoms with van der Waals surface area (Å²) in [6.45, 7) is 4.15. The van der Waals surface area contributed by atoms with Gasteiger partial charge < -0.3 is 21.4 Å². The second-order valence-corrected chi connectivity index (χ2v) is 5.00. The molecule has 3 rings (SSSR count). The normalized spacial score (nSPS) is 10.8. The zero-order chi connectivity index (χ0) is 15.7. The summed E-state index contributed by atoms with van der Waals surface area (Å²) in [6.07, 6.45) is 5.23. The lowest BCUT2D eigenvalue weighted by Crippen LogP contribution is -2.01. The Bertz CT molecular complexity index is 850. The maximum Gasteiger partial charge on any atom is 0.143 e. The minimum absolute atomic E-state index is 0.333. The van der Waals surface area contributed by atoms with Crippen LogP contribution in [0.5, 0.6) is 0 Å². The zero-order valence-corrected chi connectivity index (χ0v) is 12.4. The fraction of sp³-hybridized carbons (Fsp3) is 0.200. The van der Waals surface area contributed by atoms with Crippen LogP contribution in [-0.2, 0) is 6.42 Å². The second-order valence-electron chi connectivity index (χ2n) is 5.00. The minimum atomic E-state index is 0.333. The zero-order valence-electron chi connectivity index (χ0n) is 12.4. The average Bonchev–Trinajstić information content (AvgIpc) is 2.86. The third-order valence-corrected chi connectivity index (χ3v) is 3.67. The highest BCUT2D eigenvalue weighted by atomic mass is 15.0. The molecule has 0 spiro atoms. The number of aromatic amines is 1. The molecule has 0 atom stereocenters. The Hall–Kier alpha value is -2.96. The van der Waals surface area contributed by atoms with E-state index in [0.717, 1.165) is 34.4 Å². The first-order valence-corrected chi connectivity index (χ1v) is 6.99. The molecular formula is C15H17N7. The molecule has 0 aliphatic carbocycles. The van der Waals surface area contributed by atoms with Crippen LogP contribution in [0.4, 0.5) is 17.3 Å². The summed E-state index contributed by atoms with van der Waals surface area (Å²) in [5, 5.41) is 11.6. The van der Waals surface area contributed by atoms with Crippen molar-refractivity contribution in [1.29, 1.82) is 5.41 Å². The number of nitrogens with zero attached hydrogens (tertiary/aromatic N) is 3. The SMILES string of the molecule is CCc1[nH]c2ncnc(Nc3cnc(N)c(C=N)c3)c2c1C. The smallest absolute Gasteiger partial charge is 0.143 e. The van der Waals surface area contributed by atoms with E-state index in [1.807, 2.05) is 0 Å². The molecule has 3 aromatic heterocycles. The van der Waals surface area contributed by atoms with Crippen LogP contribution in [0.2, 0.25) is 0 Å². The van der Waals surface area contributed by atoms with Crippen LogP contribution in [0.3, 0.4) is 0 Å². The number of H-pyrrole nitrogens is 1. The molecule has 3 aromatic rings. The Morgan fingerprint density at radius 2 is 2.18 bits per heavy atom. The molecule has 0 bridgehead atoms. The lowest BCUT2D eigenvalue weighted by atomic mass is 10.1. The number of aryl methyl sites for hydroxylation is 2. The number of hydrogen-bond donors (Lipinski definition) is 4. The van der Waals surface area contributed by atoms with Gasteiger partial charge in [0.05, 0.1) is 17.3 Å². The number of rotatable bonds is 4. The van der Waals surface area contributed by atoms with Crippen LogP contribution in [0.25, 0.3) is 11.0 Å². The van der Waals surface area contributed by atoms with Gasteiger partial charge in [0, 0.05) is 17.5 Å². The second kappa shape index (κ2) is 5.44. The van der Waals surface area contributed by atoms with Gasteiger partial charge in [-0.1, -0.05) is 6.92 Å². The highest BCUT2D eigenvalue weighted by Gasteiger charge is 2.13. The Kier molecular flexibility index (Phi) is 3.46. The van der Waals surface area contributed by atoms with Gasteiger partial charge in [-0.15, -0.1) is 0 Å². The largest absolute Gasteiger partial charge is 0.383 e. The van der Waals surface area contributed by atoms with Gasteiger partial charge in [0.2, 0.25) is 0 Å². The van der Waals surface area contributed by atoms with E-state index in [1.165, 1.54) is 12.5 Å². The van der Waals surface area contributed by atoms with E-state index in [9.17, 15) is 0 Å². The topological polar surface area (TPSA) is 116 Å². The van der Waals surface area contributed by atoms with Crippen molar-refractivity contribution in [2.75, 3.05) is 11.1 Å². The van der Waals surface area contributed by atoms with Crippen LogP contribution < -0.4 is 11.1 Å². The summed E-state index contributed by atoms with van der Waals surface area (Å²) in [6, 6.07) is 1.77. The third kappa shape index (κ3) is 2.26. The molecule has 3 heterocycles. The van der Waals surface area contributed by atoms with Crippen molar-refractivity contribution in [2.45, 2.75) is 20.3 Å². The molecule has 7 nitrogen and oxygen atoms in total. The highest BCUT2D eigenvalue weighted by Crippen LogP contribution is 2.28. The average molecular weight is 295 g/mol. The van der Waals surface area contributed by atoms with Gasteiger partial charge in [-0.05, 0) is 25.0 Å². The number of nitrogens with one attached hydrogen (secondary N) is 3. The van der Waals surface area contributed by atoms with Crippen molar-refractivity contribution < 1.29 is 0 Å². The van der Waals surface area contributed by atoms with Crippen molar-refractivity contribution in [3.8, 4) is 0 Å². The summed E-state index contributed by atoms with van der Waals surface area (Å²) in [5.74, 6) is 1.04. The van der Waals surface area contributed by atoms with Crippen LogP contribution in [-0.4, -0.2) is 26.2 Å². The summed E-state index contributed by atoms with van der Waals surface area (Å²) in [7, 11) is 0. The first kappa shape index (κ1) is 14.0. The number of fused-ring (bicyclic) bond motifs is 1. The standard InChI is InChI=1S/C15H17N7/c1-3-11-8(2)12-14(19-7-20-15(12)22-11)21-10-4-9(5-16)13(17)18-6-10/h4-7,16H,3H2,1-2H3,(H2,17,18)(H2,19,20,21,22). The molecule has 0 aliphatic rings. The van der Waals surface area contributed by atoms with Gasteiger partial charge >= 0.3 is 0 Å². The Balaban J connectivity index is 2.07. The maximum atomic E-state index is 7.35. The monoisotopic (exact) mass is 295 g/mol. The molecule has 0 aromatic carbocycles. The molecule has 7 heteroatoms. The molecule has 0 unspecified atom stereocenters. The molecule has 0 saturated heterocycles. The van der Waals surface area contributed by atoms with Crippen molar-refractivity contribution in [1.82, 2.24) is 19.9 Å². The van der Waals surface area contributed by atoms with E-state index in [-0.39, 0.29) is 0 Å². The van der Waals surface area contributed by atoms with Crippen LogP contribution >= 0.6 is 0 Å². The summed E-state index contributed by atoms with van der Waals surface area (Å²) in [5.41, 5.74) is 10.1. The Labute approximate surface area is 127 Å². The highest BCUT2D eigenvalue weighted by molar-refractivity contribution is 5.93. The predicted octanol–water partition coefficient (Wildman–Crippen LogP) is 2.55. The lowest BCUT2D eigenvalue weighted by molar-refractivity contribution is 1.05. The number of nitrogen functional groups attached to an aromatic ring is 1. The number of pyridine rings is 1. The minimum Gasteiger partial charge on any atom is -0.383 e. The predicted molar refractivity (Wildman–Crippen MR) is 87.8 cm³/mol. The number of anilines is 3. The van der Waals surface area contributed by atoms with Crippen molar-refractivity contribution in [3.05, 3.63) is 35.4 Å². The molecule has 22 heavy (non-hydrogen) atoms. The first-order chi connectivity index (χ1) is 10.6.